The van der Waals surface area contributed by atoms with Gasteiger partial charge in [-0.05, 0) is 31.2 Å². The van der Waals surface area contributed by atoms with E-state index in [-0.39, 0.29) is 11.6 Å². The van der Waals surface area contributed by atoms with Crippen molar-refractivity contribution in [2.75, 3.05) is 19.6 Å². The Morgan fingerprint density at radius 2 is 2.22 bits per heavy atom. The van der Waals surface area contributed by atoms with Gasteiger partial charge < -0.3 is 16.0 Å². The molecule has 1 aromatic carbocycles. The molecule has 0 spiro atoms. The molecule has 1 heterocycles. The highest BCUT2D eigenvalue weighted by Gasteiger charge is 2.30. The quantitative estimate of drug-likeness (QED) is 0.854. The van der Waals surface area contributed by atoms with Gasteiger partial charge in [0.05, 0.1) is 6.04 Å². The number of benzene rings is 1. The van der Waals surface area contributed by atoms with Crippen molar-refractivity contribution in [3.8, 4) is 0 Å². The summed E-state index contributed by atoms with van der Waals surface area (Å²) >= 11 is 0. The predicted molar refractivity (Wildman–Crippen MR) is 62.9 cm³/mol. The molecule has 0 aliphatic carbocycles. The molecule has 1 aromatic rings. The zero-order valence-electron chi connectivity index (χ0n) is 9.83. The number of nitrogens with one attached hydrogen (secondary N) is 1. The van der Waals surface area contributed by atoms with Gasteiger partial charge in [-0.25, -0.2) is 13.6 Å². The van der Waals surface area contributed by atoms with Crippen LogP contribution in [0.25, 0.3) is 0 Å². The van der Waals surface area contributed by atoms with Crippen LogP contribution in [0.1, 0.15) is 18.0 Å². The second-order valence-corrected chi connectivity index (χ2v) is 4.26. The number of rotatable bonds is 4. The fourth-order valence-electron chi connectivity index (χ4n) is 2.02. The summed E-state index contributed by atoms with van der Waals surface area (Å²) in [5.41, 5.74) is 5.55. The van der Waals surface area contributed by atoms with E-state index in [1.807, 2.05) is 0 Å². The predicted octanol–water partition coefficient (Wildman–Crippen LogP) is 1.38. The summed E-state index contributed by atoms with van der Waals surface area (Å²) < 4.78 is 26.7. The van der Waals surface area contributed by atoms with Crippen molar-refractivity contribution in [3.05, 3.63) is 35.4 Å². The SMILES string of the molecule is NCCCN1CC(c2cc(F)ccc2F)NC1=O. The number of urea groups is 1. The van der Waals surface area contributed by atoms with Gasteiger partial charge in [0.1, 0.15) is 11.6 Å². The Morgan fingerprint density at radius 3 is 2.94 bits per heavy atom. The summed E-state index contributed by atoms with van der Waals surface area (Å²) in [6.07, 6.45) is 0.686. The van der Waals surface area contributed by atoms with Gasteiger partial charge in [0.25, 0.3) is 0 Å². The zero-order valence-corrected chi connectivity index (χ0v) is 9.83. The summed E-state index contributed by atoms with van der Waals surface area (Å²) in [5, 5.41) is 2.64. The standard InChI is InChI=1S/C12H15F2N3O/c13-8-2-3-10(14)9(6-8)11-7-17(5-1-4-15)12(18)16-11/h2-3,6,11H,1,4-5,7,15H2,(H,16,18). The summed E-state index contributed by atoms with van der Waals surface area (Å²) in [4.78, 5) is 13.2. The molecule has 2 amide bonds. The monoisotopic (exact) mass is 255 g/mol. The molecule has 1 unspecified atom stereocenters. The molecule has 4 nitrogen and oxygen atoms in total. The number of nitrogens with zero attached hydrogens (tertiary/aromatic N) is 1. The normalized spacial score (nSPS) is 19.2. The average Bonchev–Trinajstić information content (AvgIpc) is 2.71. The number of halogens is 2. The van der Waals surface area contributed by atoms with Crippen LogP contribution in [0, 0.1) is 11.6 Å². The summed E-state index contributed by atoms with van der Waals surface area (Å²) in [6.45, 7) is 1.34. The second kappa shape index (κ2) is 5.30. The summed E-state index contributed by atoms with van der Waals surface area (Å²) in [6, 6.07) is 2.47. The van der Waals surface area contributed by atoms with E-state index in [1.165, 1.54) is 0 Å². The van der Waals surface area contributed by atoms with Crippen LogP contribution >= 0.6 is 0 Å². The van der Waals surface area contributed by atoms with Crippen molar-refractivity contribution < 1.29 is 13.6 Å². The summed E-state index contributed by atoms with van der Waals surface area (Å²) in [5.74, 6) is -1.02. The van der Waals surface area contributed by atoms with E-state index in [2.05, 4.69) is 5.32 Å². The van der Waals surface area contributed by atoms with Gasteiger partial charge >= 0.3 is 6.03 Å². The van der Waals surface area contributed by atoms with Gasteiger partial charge in [-0.1, -0.05) is 0 Å². The van der Waals surface area contributed by atoms with Crippen LogP contribution in [-0.4, -0.2) is 30.6 Å². The lowest BCUT2D eigenvalue weighted by atomic mass is 10.1. The number of nitrogens with two attached hydrogens (primary N) is 1. The van der Waals surface area contributed by atoms with Gasteiger partial charge in [0.15, 0.2) is 0 Å². The molecule has 0 aromatic heterocycles. The lowest BCUT2D eigenvalue weighted by molar-refractivity contribution is 0.217. The van der Waals surface area contributed by atoms with Gasteiger partial charge in [-0.2, -0.15) is 0 Å². The zero-order chi connectivity index (χ0) is 13.1. The van der Waals surface area contributed by atoms with Crippen LogP contribution in [0.3, 0.4) is 0 Å². The third kappa shape index (κ3) is 2.59. The number of carbonyl (C=O) groups excluding carboxylic acids is 1. The Hall–Kier alpha value is -1.69. The average molecular weight is 255 g/mol. The molecule has 1 atom stereocenters. The maximum atomic E-state index is 13.6. The molecule has 2 rings (SSSR count). The molecule has 1 aliphatic rings. The van der Waals surface area contributed by atoms with Crippen LogP contribution in [0.5, 0.6) is 0 Å². The molecule has 0 bridgehead atoms. The third-order valence-electron chi connectivity index (χ3n) is 2.95. The minimum Gasteiger partial charge on any atom is -0.330 e. The highest BCUT2D eigenvalue weighted by molar-refractivity contribution is 5.77. The Bertz CT molecular complexity index is 453. The Labute approximate surface area is 104 Å². The molecule has 3 N–H and O–H groups in total. The van der Waals surface area contributed by atoms with Crippen molar-refractivity contribution in [3.63, 3.8) is 0 Å². The van der Waals surface area contributed by atoms with Gasteiger partial charge in [0, 0.05) is 18.7 Å². The first-order valence-electron chi connectivity index (χ1n) is 5.82. The minimum absolute atomic E-state index is 0.179. The van der Waals surface area contributed by atoms with E-state index in [0.29, 0.717) is 26.1 Å². The van der Waals surface area contributed by atoms with E-state index in [1.54, 1.807) is 4.90 Å². The molecule has 98 valence electrons. The van der Waals surface area contributed by atoms with Crippen LogP contribution in [0.2, 0.25) is 0 Å². The van der Waals surface area contributed by atoms with E-state index < -0.39 is 17.7 Å². The minimum atomic E-state index is -0.513. The molecule has 1 fully saturated rings. The van der Waals surface area contributed by atoms with E-state index in [0.717, 1.165) is 18.2 Å². The maximum Gasteiger partial charge on any atom is 0.318 e. The number of hydrogen-bond acceptors (Lipinski definition) is 2. The first-order chi connectivity index (χ1) is 8.61. The van der Waals surface area contributed by atoms with Crippen LogP contribution < -0.4 is 11.1 Å². The highest BCUT2D eigenvalue weighted by atomic mass is 19.1. The third-order valence-corrected chi connectivity index (χ3v) is 2.95. The Kier molecular flexibility index (Phi) is 3.76. The highest BCUT2D eigenvalue weighted by Crippen LogP contribution is 2.23. The Morgan fingerprint density at radius 1 is 1.44 bits per heavy atom. The van der Waals surface area contributed by atoms with Crippen LogP contribution in [0.15, 0.2) is 18.2 Å². The van der Waals surface area contributed by atoms with Crippen molar-refractivity contribution in [2.45, 2.75) is 12.5 Å². The first-order valence-corrected chi connectivity index (χ1v) is 5.82. The molecule has 1 saturated heterocycles. The number of amides is 2. The molecular formula is C12H15F2N3O. The molecule has 6 heteroatoms. The van der Waals surface area contributed by atoms with E-state index >= 15 is 0 Å². The summed E-state index contributed by atoms with van der Waals surface area (Å²) in [7, 11) is 0. The largest absolute Gasteiger partial charge is 0.330 e. The van der Waals surface area contributed by atoms with Gasteiger partial charge in [0.2, 0.25) is 0 Å². The molecule has 0 radical (unpaired) electrons. The maximum absolute atomic E-state index is 13.6. The van der Waals surface area contributed by atoms with Crippen molar-refractivity contribution in [1.82, 2.24) is 10.2 Å². The number of hydrogen-bond donors (Lipinski definition) is 2. The van der Waals surface area contributed by atoms with Gasteiger partial charge in [-0.15, -0.1) is 0 Å². The van der Waals surface area contributed by atoms with Crippen molar-refractivity contribution in [2.24, 2.45) is 5.73 Å². The fraction of sp³-hybridized carbons (Fsp3) is 0.417. The Balaban J connectivity index is 2.11. The van der Waals surface area contributed by atoms with E-state index in [9.17, 15) is 13.6 Å². The smallest absolute Gasteiger partial charge is 0.318 e. The fourth-order valence-corrected chi connectivity index (χ4v) is 2.02. The van der Waals surface area contributed by atoms with Crippen LogP contribution in [-0.2, 0) is 0 Å². The molecule has 0 saturated carbocycles. The van der Waals surface area contributed by atoms with Crippen molar-refractivity contribution >= 4 is 6.03 Å². The van der Waals surface area contributed by atoms with Gasteiger partial charge in [-0.3, -0.25) is 0 Å². The second-order valence-electron chi connectivity index (χ2n) is 4.26. The van der Waals surface area contributed by atoms with Crippen LogP contribution in [0.4, 0.5) is 13.6 Å². The molecule has 18 heavy (non-hydrogen) atoms. The lowest BCUT2D eigenvalue weighted by Gasteiger charge is -2.14. The molecule has 1 aliphatic heterocycles. The molecular weight excluding hydrogens is 240 g/mol. The van der Waals surface area contributed by atoms with E-state index in [4.69, 9.17) is 5.73 Å². The lowest BCUT2D eigenvalue weighted by Crippen LogP contribution is -2.30. The topological polar surface area (TPSA) is 58.4 Å². The number of carbonyl (C=O) groups is 1. The first kappa shape index (κ1) is 12.8. The van der Waals surface area contributed by atoms with Crippen molar-refractivity contribution in [1.29, 1.82) is 0 Å².